The molecule has 0 aliphatic carbocycles. The largest absolute Gasteiger partial charge is 0.378 e. The summed E-state index contributed by atoms with van der Waals surface area (Å²) in [7, 11) is 0. The molecule has 20 heavy (non-hydrogen) atoms. The maximum absolute atomic E-state index is 13.9. The van der Waals surface area contributed by atoms with E-state index >= 15 is 0 Å². The van der Waals surface area contributed by atoms with E-state index in [9.17, 15) is 4.39 Å². The van der Waals surface area contributed by atoms with Crippen LogP contribution in [0.2, 0.25) is 0 Å². The summed E-state index contributed by atoms with van der Waals surface area (Å²) < 4.78 is 13.9. The van der Waals surface area contributed by atoms with Crippen molar-refractivity contribution in [3.05, 3.63) is 65.8 Å². The van der Waals surface area contributed by atoms with E-state index in [0.29, 0.717) is 12.1 Å². The summed E-state index contributed by atoms with van der Waals surface area (Å²) in [5, 5.41) is 5.15. The minimum atomic E-state index is -0.195. The molecule has 0 fully saturated rings. The third-order valence-corrected chi connectivity index (χ3v) is 3.78. The van der Waals surface area contributed by atoms with Crippen LogP contribution in [0.4, 0.5) is 10.1 Å². The lowest BCUT2D eigenvalue weighted by atomic mass is 10.1. The maximum atomic E-state index is 13.9. The molecule has 0 amide bonds. The second-order valence-electron chi connectivity index (χ2n) is 4.27. The second-order valence-corrected chi connectivity index (χ2v) is 5.22. The number of benzene rings is 1. The number of aromatic nitrogens is 2. The summed E-state index contributed by atoms with van der Waals surface area (Å²) in [5.41, 5.74) is 2.50. The van der Waals surface area contributed by atoms with Gasteiger partial charge >= 0.3 is 0 Å². The number of hydrogen-bond donors (Lipinski definition) is 1. The smallest absolute Gasteiger partial charge is 0.131 e. The van der Waals surface area contributed by atoms with Crippen molar-refractivity contribution in [3.63, 3.8) is 0 Å². The predicted octanol–water partition coefficient (Wildman–Crippen LogP) is 3.96. The molecule has 0 saturated carbocycles. The van der Waals surface area contributed by atoms with Gasteiger partial charge in [0.1, 0.15) is 12.1 Å². The molecule has 0 aliphatic heterocycles. The summed E-state index contributed by atoms with van der Waals surface area (Å²) in [5.74, 6) is -0.195. The molecule has 0 aliphatic rings. The van der Waals surface area contributed by atoms with Crippen molar-refractivity contribution in [2.75, 3.05) is 5.32 Å². The first-order valence-corrected chi connectivity index (χ1v) is 7.02. The van der Waals surface area contributed by atoms with Gasteiger partial charge in [-0.25, -0.2) is 14.4 Å². The summed E-state index contributed by atoms with van der Waals surface area (Å²) in [4.78, 5) is 8.81. The predicted molar refractivity (Wildman–Crippen MR) is 79.1 cm³/mol. The average molecular weight is 285 g/mol. The molecule has 1 N–H and O–H groups in total. The van der Waals surface area contributed by atoms with Crippen molar-refractivity contribution in [2.24, 2.45) is 0 Å². The van der Waals surface area contributed by atoms with E-state index in [1.807, 2.05) is 23.6 Å². The zero-order valence-corrected chi connectivity index (χ0v) is 11.4. The Kier molecular flexibility index (Phi) is 3.69. The SMILES string of the molecule is Fc1ccc(CNc2cncnc2)cc1-c1cccs1. The molecule has 100 valence electrons. The van der Waals surface area contributed by atoms with Gasteiger partial charge in [-0.1, -0.05) is 12.1 Å². The van der Waals surface area contributed by atoms with E-state index in [1.54, 1.807) is 18.5 Å². The van der Waals surface area contributed by atoms with Gasteiger partial charge in [0.05, 0.1) is 18.1 Å². The molecule has 2 heterocycles. The number of thiophene rings is 1. The van der Waals surface area contributed by atoms with Gasteiger partial charge in [0, 0.05) is 17.0 Å². The van der Waals surface area contributed by atoms with Gasteiger partial charge in [0.2, 0.25) is 0 Å². The number of nitrogens with one attached hydrogen (secondary N) is 1. The molecule has 5 heteroatoms. The van der Waals surface area contributed by atoms with Gasteiger partial charge < -0.3 is 5.32 Å². The van der Waals surface area contributed by atoms with Crippen LogP contribution in [0.1, 0.15) is 5.56 Å². The average Bonchev–Trinajstić information content (AvgIpc) is 3.01. The maximum Gasteiger partial charge on any atom is 0.131 e. The van der Waals surface area contributed by atoms with Crippen LogP contribution in [0.25, 0.3) is 10.4 Å². The first kappa shape index (κ1) is 12.7. The van der Waals surface area contributed by atoms with Crippen LogP contribution in [-0.2, 0) is 6.54 Å². The van der Waals surface area contributed by atoms with Crippen molar-refractivity contribution in [3.8, 4) is 10.4 Å². The third kappa shape index (κ3) is 2.83. The van der Waals surface area contributed by atoms with Gasteiger partial charge in [-0.15, -0.1) is 11.3 Å². The summed E-state index contributed by atoms with van der Waals surface area (Å²) in [6.07, 6.45) is 4.89. The van der Waals surface area contributed by atoms with E-state index in [-0.39, 0.29) is 5.82 Å². The summed E-state index contributed by atoms with van der Waals surface area (Å²) in [6.45, 7) is 0.603. The Bertz CT molecular complexity index is 684. The van der Waals surface area contributed by atoms with E-state index in [4.69, 9.17) is 0 Å². The topological polar surface area (TPSA) is 37.8 Å². The number of rotatable bonds is 4. The van der Waals surface area contributed by atoms with Crippen LogP contribution < -0.4 is 5.32 Å². The summed E-state index contributed by atoms with van der Waals surface area (Å²) in [6, 6.07) is 9.01. The normalized spacial score (nSPS) is 10.4. The van der Waals surface area contributed by atoms with Crippen molar-refractivity contribution >= 4 is 17.0 Å². The lowest BCUT2D eigenvalue weighted by Gasteiger charge is -2.08. The zero-order chi connectivity index (χ0) is 13.8. The van der Waals surface area contributed by atoms with Gasteiger partial charge in [-0.2, -0.15) is 0 Å². The Morgan fingerprint density at radius 2 is 2.00 bits per heavy atom. The lowest BCUT2D eigenvalue weighted by molar-refractivity contribution is 0.631. The Morgan fingerprint density at radius 3 is 2.75 bits per heavy atom. The Balaban J connectivity index is 1.79. The van der Waals surface area contributed by atoms with Crippen molar-refractivity contribution < 1.29 is 4.39 Å². The monoisotopic (exact) mass is 285 g/mol. The molecule has 0 atom stereocenters. The summed E-state index contributed by atoms with van der Waals surface area (Å²) >= 11 is 1.53. The van der Waals surface area contributed by atoms with Crippen LogP contribution in [0.5, 0.6) is 0 Å². The van der Waals surface area contributed by atoms with Crippen molar-refractivity contribution in [1.82, 2.24) is 9.97 Å². The van der Waals surface area contributed by atoms with Crippen LogP contribution in [0.15, 0.2) is 54.4 Å². The van der Waals surface area contributed by atoms with E-state index in [1.165, 1.54) is 23.7 Å². The number of nitrogens with zero attached hydrogens (tertiary/aromatic N) is 2. The number of halogens is 1. The number of anilines is 1. The Labute approximate surface area is 120 Å². The third-order valence-electron chi connectivity index (χ3n) is 2.87. The Hall–Kier alpha value is -2.27. The Morgan fingerprint density at radius 1 is 1.15 bits per heavy atom. The molecule has 3 aromatic rings. The number of hydrogen-bond acceptors (Lipinski definition) is 4. The second kappa shape index (κ2) is 5.79. The molecule has 3 nitrogen and oxygen atoms in total. The van der Waals surface area contributed by atoms with E-state index in [0.717, 1.165) is 16.1 Å². The van der Waals surface area contributed by atoms with Crippen LogP contribution in [0.3, 0.4) is 0 Å². The van der Waals surface area contributed by atoms with Crippen LogP contribution in [-0.4, -0.2) is 9.97 Å². The highest BCUT2D eigenvalue weighted by Gasteiger charge is 2.07. The quantitative estimate of drug-likeness (QED) is 0.788. The molecular weight excluding hydrogens is 273 g/mol. The van der Waals surface area contributed by atoms with Crippen LogP contribution >= 0.6 is 11.3 Å². The van der Waals surface area contributed by atoms with Gasteiger partial charge in [0.25, 0.3) is 0 Å². The molecule has 3 rings (SSSR count). The molecule has 0 radical (unpaired) electrons. The first-order valence-electron chi connectivity index (χ1n) is 6.14. The highest BCUT2D eigenvalue weighted by Crippen LogP contribution is 2.28. The standard InChI is InChI=1S/C15H12FN3S/c16-14-4-3-11(6-13(14)15-2-1-5-20-15)7-19-12-8-17-10-18-9-12/h1-6,8-10,19H,7H2. The fraction of sp³-hybridized carbons (Fsp3) is 0.0667. The molecule has 0 bridgehead atoms. The minimum Gasteiger partial charge on any atom is -0.378 e. The molecule has 0 saturated heterocycles. The van der Waals surface area contributed by atoms with E-state index < -0.39 is 0 Å². The highest BCUT2D eigenvalue weighted by atomic mass is 32.1. The molecular formula is C15H12FN3S. The highest BCUT2D eigenvalue weighted by molar-refractivity contribution is 7.13. The fourth-order valence-corrected chi connectivity index (χ4v) is 2.64. The van der Waals surface area contributed by atoms with Crippen molar-refractivity contribution in [2.45, 2.75) is 6.54 Å². The van der Waals surface area contributed by atoms with E-state index in [2.05, 4.69) is 15.3 Å². The van der Waals surface area contributed by atoms with Gasteiger partial charge in [-0.3, -0.25) is 0 Å². The fourth-order valence-electron chi connectivity index (χ4n) is 1.90. The molecule has 1 aromatic carbocycles. The minimum absolute atomic E-state index is 0.195. The first-order chi connectivity index (χ1) is 9.83. The van der Waals surface area contributed by atoms with Gasteiger partial charge in [0.15, 0.2) is 0 Å². The van der Waals surface area contributed by atoms with Gasteiger partial charge in [-0.05, 0) is 29.1 Å². The molecule has 2 aromatic heterocycles. The van der Waals surface area contributed by atoms with Crippen LogP contribution in [0, 0.1) is 5.82 Å². The molecule has 0 spiro atoms. The lowest BCUT2D eigenvalue weighted by Crippen LogP contribution is -2.00. The molecule has 0 unspecified atom stereocenters. The zero-order valence-electron chi connectivity index (χ0n) is 10.6. The van der Waals surface area contributed by atoms with Crippen molar-refractivity contribution in [1.29, 1.82) is 0 Å².